The first-order valence-electron chi connectivity index (χ1n) is 6.67. The van der Waals surface area contributed by atoms with Gasteiger partial charge in [0.25, 0.3) is 0 Å². The van der Waals surface area contributed by atoms with Gasteiger partial charge < -0.3 is 15.4 Å². The average molecular weight is 295 g/mol. The highest BCUT2D eigenvalue weighted by Crippen LogP contribution is 2.33. The van der Waals surface area contributed by atoms with E-state index in [1.54, 1.807) is 12.1 Å². The maximum Gasteiger partial charge on any atom is 0.356 e. The molecule has 0 amide bonds. The number of carbonyl (C=O) groups excluding carboxylic acids is 1. The third-order valence-corrected chi connectivity index (χ3v) is 4.81. The van der Waals surface area contributed by atoms with E-state index in [1.807, 2.05) is 11.8 Å². The Kier molecular flexibility index (Phi) is 4.42. The maximum absolute atomic E-state index is 11.6. The van der Waals surface area contributed by atoms with Gasteiger partial charge in [0.2, 0.25) is 0 Å². The molecule has 1 aliphatic heterocycles. The predicted molar refractivity (Wildman–Crippen MR) is 83.4 cm³/mol. The molecule has 0 bridgehead atoms. The highest BCUT2D eigenvalue weighted by atomic mass is 32.2. The van der Waals surface area contributed by atoms with Crippen molar-refractivity contribution in [2.75, 3.05) is 36.6 Å². The zero-order chi connectivity index (χ0) is 14.8. The summed E-state index contributed by atoms with van der Waals surface area (Å²) in [6, 6.07) is 3.32. The van der Waals surface area contributed by atoms with Crippen LogP contribution in [0.5, 0.6) is 0 Å². The Labute approximate surface area is 123 Å². The van der Waals surface area contributed by atoms with Crippen LogP contribution in [-0.2, 0) is 4.74 Å². The van der Waals surface area contributed by atoms with Crippen LogP contribution in [-0.4, -0.2) is 41.7 Å². The number of carbonyl (C=O) groups is 1. The molecule has 110 valence electrons. The van der Waals surface area contributed by atoms with E-state index < -0.39 is 5.97 Å². The van der Waals surface area contributed by atoms with Gasteiger partial charge in [-0.05, 0) is 18.6 Å². The van der Waals surface area contributed by atoms with E-state index in [2.05, 4.69) is 23.7 Å². The van der Waals surface area contributed by atoms with Gasteiger partial charge in [-0.3, -0.25) is 0 Å². The van der Waals surface area contributed by atoms with Gasteiger partial charge in [0.15, 0.2) is 11.5 Å². The molecule has 20 heavy (non-hydrogen) atoms. The average Bonchev–Trinajstić information content (AvgIpc) is 2.59. The number of ether oxygens (including phenoxy) is 1. The summed E-state index contributed by atoms with van der Waals surface area (Å²) in [5, 5.41) is 0. The monoisotopic (exact) mass is 295 g/mol. The number of methoxy groups -OCH3 is 1. The number of pyridine rings is 1. The third-order valence-electron chi connectivity index (χ3n) is 3.44. The van der Waals surface area contributed by atoms with Crippen molar-refractivity contribution >= 4 is 29.2 Å². The van der Waals surface area contributed by atoms with Crippen molar-refractivity contribution in [2.45, 2.75) is 25.0 Å². The number of anilines is 2. The van der Waals surface area contributed by atoms with Crippen molar-refractivity contribution in [1.29, 1.82) is 0 Å². The van der Waals surface area contributed by atoms with E-state index in [0.717, 1.165) is 25.3 Å². The molecule has 0 unspecified atom stereocenters. The zero-order valence-electron chi connectivity index (χ0n) is 12.2. The summed E-state index contributed by atoms with van der Waals surface area (Å²) in [6.07, 6.45) is 1.06. The van der Waals surface area contributed by atoms with Gasteiger partial charge in [0.05, 0.1) is 12.8 Å². The van der Waals surface area contributed by atoms with Crippen molar-refractivity contribution in [3.8, 4) is 0 Å². The third kappa shape index (κ3) is 3.36. The summed E-state index contributed by atoms with van der Waals surface area (Å²) >= 11 is 1.96. The molecule has 1 aromatic rings. The van der Waals surface area contributed by atoms with Crippen LogP contribution < -0.4 is 10.6 Å². The van der Waals surface area contributed by atoms with Crippen LogP contribution in [0.25, 0.3) is 0 Å². The van der Waals surface area contributed by atoms with Crippen molar-refractivity contribution in [3.63, 3.8) is 0 Å². The van der Waals surface area contributed by atoms with Gasteiger partial charge in [-0.2, -0.15) is 11.8 Å². The molecule has 6 heteroatoms. The molecule has 2 N–H and O–H groups in total. The van der Waals surface area contributed by atoms with Gasteiger partial charge in [-0.1, -0.05) is 13.8 Å². The fourth-order valence-corrected chi connectivity index (χ4v) is 3.26. The maximum atomic E-state index is 11.6. The van der Waals surface area contributed by atoms with E-state index in [0.29, 0.717) is 17.2 Å². The van der Waals surface area contributed by atoms with Crippen LogP contribution in [0, 0.1) is 0 Å². The summed E-state index contributed by atoms with van der Waals surface area (Å²) < 4.78 is 4.98. The molecule has 0 aliphatic carbocycles. The molecule has 2 heterocycles. The van der Waals surface area contributed by atoms with Crippen LogP contribution in [0.3, 0.4) is 0 Å². The molecule has 1 saturated heterocycles. The van der Waals surface area contributed by atoms with E-state index in [4.69, 9.17) is 10.5 Å². The molecule has 0 aromatic carbocycles. The molecule has 0 spiro atoms. The van der Waals surface area contributed by atoms with Crippen LogP contribution in [0.1, 0.15) is 30.8 Å². The molecule has 1 aromatic heterocycles. The second-order valence-corrected chi connectivity index (χ2v) is 7.25. The lowest BCUT2D eigenvalue weighted by Crippen LogP contribution is -2.29. The van der Waals surface area contributed by atoms with Gasteiger partial charge in [0, 0.05) is 23.6 Å². The molecular weight excluding hydrogens is 274 g/mol. The fraction of sp³-hybridized carbons (Fsp3) is 0.571. The van der Waals surface area contributed by atoms with Gasteiger partial charge in [-0.25, -0.2) is 9.78 Å². The molecule has 1 aliphatic rings. The Morgan fingerprint density at radius 1 is 1.45 bits per heavy atom. The van der Waals surface area contributed by atoms with E-state index in [9.17, 15) is 4.79 Å². The van der Waals surface area contributed by atoms with Crippen LogP contribution in [0.4, 0.5) is 11.5 Å². The standard InChI is InChI=1S/C14H21N3O2S/c1-14(2)6-7-17(8-9-20-14)12-10(15)4-5-11(16-12)13(18)19-3/h4-5H,6-9,15H2,1-3H3. The Bertz CT molecular complexity index is 505. The molecular formula is C14H21N3O2S. The number of nitrogens with zero attached hydrogens (tertiary/aromatic N) is 2. The van der Waals surface area contributed by atoms with Crippen molar-refractivity contribution in [2.24, 2.45) is 0 Å². The van der Waals surface area contributed by atoms with Crippen LogP contribution in [0.15, 0.2) is 12.1 Å². The summed E-state index contributed by atoms with van der Waals surface area (Å²) in [4.78, 5) is 18.1. The Balaban J connectivity index is 2.25. The fourth-order valence-electron chi connectivity index (χ4n) is 2.16. The molecule has 0 radical (unpaired) electrons. The molecule has 5 nitrogen and oxygen atoms in total. The summed E-state index contributed by atoms with van der Waals surface area (Å²) in [5.74, 6) is 1.28. The summed E-state index contributed by atoms with van der Waals surface area (Å²) in [7, 11) is 1.35. The predicted octanol–water partition coefficient (Wildman–Crippen LogP) is 2.17. The molecule has 0 saturated carbocycles. The molecule has 2 rings (SSSR count). The number of nitrogen functional groups attached to an aromatic ring is 1. The van der Waals surface area contributed by atoms with E-state index in [1.165, 1.54) is 7.11 Å². The SMILES string of the molecule is COC(=O)c1ccc(N)c(N2CCSC(C)(C)CC2)n1. The largest absolute Gasteiger partial charge is 0.464 e. The Morgan fingerprint density at radius 2 is 2.20 bits per heavy atom. The van der Waals surface area contributed by atoms with Crippen molar-refractivity contribution in [1.82, 2.24) is 4.98 Å². The summed E-state index contributed by atoms with van der Waals surface area (Å²) in [6.45, 7) is 6.28. The van der Waals surface area contributed by atoms with Gasteiger partial charge in [0.1, 0.15) is 0 Å². The minimum absolute atomic E-state index is 0.267. The number of esters is 1. The smallest absolute Gasteiger partial charge is 0.356 e. The topological polar surface area (TPSA) is 68.5 Å². The summed E-state index contributed by atoms with van der Waals surface area (Å²) in [5.41, 5.74) is 6.92. The lowest BCUT2D eigenvalue weighted by atomic mass is 10.1. The highest BCUT2D eigenvalue weighted by molar-refractivity contribution is 8.00. The number of hydrogen-bond acceptors (Lipinski definition) is 6. The van der Waals surface area contributed by atoms with Gasteiger partial charge >= 0.3 is 5.97 Å². The minimum Gasteiger partial charge on any atom is -0.464 e. The second kappa shape index (κ2) is 5.91. The number of rotatable bonds is 2. The van der Waals surface area contributed by atoms with Crippen molar-refractivity contribution in [3.05, 3.63) is 17.8 Å². The highest BCUT2D eigenvalue weighted by Gasteiger charge is 2.25. The normalized spacial score (nSPS) is 18.4. The lowest BCUT2D eigenvalue weighted by molar-refractivity contribution is 0.0594. The second-order valence-electron chi connectivity index (χ2n) is 5.45. The number of nitrogens with two attached hydrogens (primary N) is 1. The zero-order valence-corrected chi connectivity index (χ0v) is 13.0. The molecule has 1 fully saturated rings. The molecule has 0 atom stereocenters. The first kappa shape index (κ1) is 15.0. The Hall–Kier alpha value is -1.43. The lowest BCUT2D eigenvalue weighted by Gasteiger charge is -2.24. The number of thioether (sulfide) groups is 1. The van der Waals surface area contributed by atoms with Crippen LogP contribution >= 0.6 is 11.8 Å². The van der Waals surface area contributed by atoms with Gasteiger partial charge in [-0.15, -0.1) is 0 Å². The van der Waals surface area contributed by atoms with Crippen molar-refractivity contribution < 1.29 is 9.53 Å². The number of aromatic nitrogens is 1. The van der Waals surface area contributed by atoms with Crippen LogP contribution in [0.2, 0.25) is 0 Å². The minimum atomic E-state index is -0.434. The quantitative estimate of drug-likeness (QED) is 0.843. The Morgan fingerprint density at radius 3 is 2.90 bits per heavy atom. The first-order valence-corrected chi connectivity index (χ1v) is 7.65. The number of hydrogen-bond donors (Lipinski definition) is 1. The first-order chi connectivity index (χ1) is 9.43. The van der Waals surface area contributed by atoms with E-state index in [-0.39, 0.29) is 4.75 Å². The van der Waals surface area contributed by atoms with E-state index >= 15 is 0 Å².